The third-order valence-corrected chi connectivity index (χ3v) is 2.94. The summed E-state index contributed by atoms with van der Waals surface area (Å²) in [6, 6.07) is 9.74. The summed E-state index contributed by atoms with van der Waals surface area (Å²) in [6.45, 7) is 3.96. The van der Waals surface area contributed by atoms with Crippen molar-refractivity contribution < 1.29 is 4.79 Å². The summed E-state index contributed by atoms with van der Waals surface area (Å²) in [5.41, 5.74) is 1.87. The first-order valence-corrected chi connectivity index (χ1v) is 6.22. The number of aryl methyl sites for hydroxylation is 1. The minimum Gasteiger partial charge on any atom is -0.347 e. The van der Waals surface area contributed by atoms with Crippen LogP contribution in [-0.4, -0.2) is 15.5 Å². The van der Waals surface area contributed by atoms with E-state index >= 15 is 0 Å². The first-order valence-electron chi connectivity index (χ1n) is 6.22. The van der Waals surface area contributed by atoms with Crippen molar-refractivity contribution >= 4 is 16.9 Å². The summed E-state index contributed by atoms with van der Waals surface area (Å²) in [5, 5.41) is 11.6. The Kier molecular flexibility index (Phi) is 3.81. The van der Waals surface area contributed by atoms with E-state index in [9.17, 15) is 4.79 Å². The molecule has 19 heavy (non-hydrogen) atoms. The van der Waals surface area contributed by atoms with Crippen LogP contribution in [0.1, 0.15) is 32.1 Å². The Balaban J connectivity index is 2.46. The smallest absolute Gasteiger partial charge is 0.217 e. The van der Waals surface area contributed by atoms with Crippen molar-refractivity contribution in [3.63, 3.8) is 0 Å². The van der Waals surface area contributed by atoms with Crippen LogP contribution in [0.4, 0.5) is 0 Å². The molecule has 1 aromatic carbocycles. The molecule has 0 unspecified atom stereocenters. The Morgan fingerprint density at radius 3 is 2.95 bits per heavy atom. The minimum atomic E-state index is -0.177. The van der Waals surface area contributed by atoms with E-state index in [2.05, 4.69) is 16.4 Å². The van der Waals surface area contributed by atoms with Gasteiger partial charge in [-0.15, -0.1) is 0 Å². The highest BCUT2D eigenvalue weighted by Gasteiger charge is 2.16. The molecule has 5 heteroatoms. The zero-order valence-corrected chi connectivity index (χ0v) is 11.1. The fraction of sp³-hybridized carbons (Fsp3) is 0.357. The average molecular weight is 256 g/mol. The number of hydrogen-bond acceptors (Lipinski definition) is 3. The number of nitrogens with zero attached hydrogens (tertiary/aromatic N) is 3. The molecule has 0 spiro atoms. The highest BCUT2D eigenvalue weighted by Crippen LogP contribution is 2.21. The minimum absolute atomic E-state index is 0.0913. The number of imidazole rings is 1. The predicted octanol–water partition coefficient (Wildman–Crippen LogP) is 2.15. The molecule has 0 saturated heterocycles. The summed E-state index contributed by atoms with van der Waals surface area (Å²) in [6.07, 6.45) is 0.417. The van der Waals surface area contributed by atoms with E-state index in [1.165, 1.54) is 6.92 Å². The van der Waals surface area contributed by atoms with Crippen molar-refractivity contribution in [2.75, 3.05) is 0 Å². The maximum Gasteiger partial charge on any atom is 0.217 e. The number of benzene rings is 1. The quantitative estimate of drug-likeness (QED) is 0.911. The second kappa shape index (κ2) is 5.53. The Morgan fingerprint density at radius 1 is 1.53 bits per heavy atom. The molecule has 1 heterocycles. The lowest BCUT2D eigenvalue weighted by molar-refractivity contribution is -0.119. The van der Waals surface area contributed by atoms with Gasteiger partial charge >= 0.3 is 0 Å². The lowest BCUT2D eigenvalue weighted by Gasteiger charge is -2.14. The molecular formula is C14H16N4O. The van der Waals surface area contributed by atoms with Gasteiger partial charge in [0.1, 0.15) is 5.82 Å². The molecule has 98 valence electrons. The van der Waals surface area contributed by atoms with Crippen molar-refractivity contribution in [2.24, 2.45) is 0 Å². The molecule has 1 amide bonds. The predicted molar refractivity (Wildman–Crippen MR) is 72.2 cm³/mol. The van der Waals surface area contributed by atoms with Gasteiger partial charge in [0.25, 0.3) is 0 Å². The van der Waals surface area contributed by atoms with Crippen LogP contribution in [0.5, 0.6) is 0 Å². The Hall–Kier alpha value is -2.35. The van der Waals surface area contributed by atoms with Crippen molar-refractivity contribution in [1.82, 2.24) is 14.9 Å². The van der Waals surface area contributed by atoms with Crippen molar-refractivity contribution in [2.45, 2.75) is 32.9 Å². The van der Waals surface area contributed by atoms with Crippen LogP contribution in [-0.2, 0) is 11.3 Å². The molecule has 2 aromatic rings. The van der Waals surface area contributed by atoms with Crippen LogP contribution >= 0.6 is 0 Å². The van der Waals surface area contributed by atoms with Gasteiger partial charge in [-0.05, 0) is 19.1 Å². The molecule has 0 aliphatic carbocycles. The molecule has 0 aliphatic heterocycles. The number of nitrogens with one attached hydrogen (secondary N) is 1. The van der Waals surface area contributed by atoms with Gasteiger partial charge in [-0.2, -0.15) is 5.26 Å². The van der Waals surface area contributed by atoms with E-state index in [4.69, 9.17) is 5.26 Å². The van der Waals surface area contributed by atoms with Gasteiger partial charge in [0, 0.05) is 13.5 Å². The first-order chi connectivity index (χ1) is 9.13. The molecule has 1 aromatic heterocycles. The average Bonchev–Trinajstić information content (AvgIpc) is 2.74. The number of aromatic nitrogens is 2. The summed E-state index contributed by atoms with van der Waals surface area (Å²) in [4.78, 5) is 15.7. The van der Waals surface area contributed by atoms with Gasteiger partial charge in [-0.3, -0.25) is 4.79 Å². The number of fused-ring (bicyclic) bond motifs is 1. The van der Waals surface area contributed by atoms with E-state index in [1.807, 2.05) is 35.8 Å². The third-order valence-electron chi connectivity index (χ3n) is 2.94. The van der Waals surface area contributed by atoms with Crippen molar-refractivity contribution in [1.29, 1.82) is 5.26 Å². The zero-order chi connectivity index (χ0) is 13.8. The summed E-state index contributed by atoms with van der Waals surface area (Å²) in [7, 11) is 0. The van der Waals surface area contributed by atoms with Crippen LogP contribution < -0.4 is 5.32 Å². The zero-order valence-electron chi connectivity index (χ0n) is 11.1. The summed E-state index contributed by atoms with van der Waals surface area (Å²) >= 11 is 0. The number of carbonyl (C=O) groups excluding carboxylic acids is 1. The molecule has 0 bridgehead atoms. The second-order valence-corrected chi connectivity index (χ2v) is 4.44. The van der Waals surface area contributed by atoms with Crippen LogP contribution in [0.3, 0.4) is 0 Å². The SMILES string of the molecule is CC(=O)N[C@@H](C)c1nc2ccccc2n1CCC#N. The summed E-state index contributed by atoms with van der Waals surface area (Å²) in [5.74, 6) is 0.693. The largest absolute Gasteiger partial charge is 0.347 e. The van der Waals surface area contributed by atoms with E-state index in [0.29, 0.717) is 13.0 Å². The van der Waals surface area contributed by atoms with Gasteiger partial charge in [0.05, 0.1) is 29.6 Å². The molecule has 0 fully saturated rings. The molecule has 5 nitrogen and oxygen atoms in total. The molecular weight excluding hydrogens is 240 g/mol. The van der Waals surface area contributed by atoms with Crippen LogP contribution in [0.15, 0.2) is 24.3 Å². The topological polar surface area (TPSA) is 70.7 Å². The Morgan fingerprint density at radius 2 is 2.26 bits per heavy atom. The number of amides is 1. The van der Waals surface area contributed by atoms with Gasteiger partial charge in [-0.25, -0.2) is 4.98 Å². The Bertz CT molecular complexity index is 638. The lowest BCUT2D eigenvalue weighted by atomic mass is 10.3. The molecule has 2 rings (SSSR count). The number of carbonyl (C=O) groups is 1. The second-order valence-electron chi connectivity index (χ2n) is 4.44. The van der Waals surface area contributed by atoms with Crippen LogP contribution in [0.25, 0.3) is 11.0 Å². The van der Waals surface area contributed by atoms with Gasteiger partial charge in [-0.1, -0.05) is 12.1 Å². The third kappa shape index (κ3) is 2.74. The lowest BCUT2D eigenvalue weighted by Crippen LogP contribution is -2.26. The van der Waals surface area contributed by atoms with Crippen LogP contribution in [0.2, 0.25) is 0 Å². The monoisotopic (exact) mass is 256 g/mol. The molecule has 1 N–H and O–H groups in total. The fourth-order valence-electron chi connectivity index (χ4n) is 2.19. The standard InChI is InChI=1S/C14H16N4O/c1-10(16-11(2)19)14-17-12-6-3-4-7-13(12)18(14)9-5-8-15/h3-4,6-7,10H,5,9H2,1-2H3,(H,16,19)/t10-/m0/s1. The van der Waals surface area contributed by atoms with Crippen molar-refractivity contribution in [3.8, 4) is 6.07 Å². The van der Waals surface area contributed by atoms with Gasteiger partial charge < -0.3 is 9.88 Å². The van der Waals surface area contributed by atoms with Crippen LogP contribution in [0, 0.1) is 11.3 Å². The van der Waals surface area contributed by atoms with Crippen molar-refractivity contribution in [3.05, 3.63) is 30.1 Å². The summed E-state index contributed by atoms with van der Waals surface area (Å²) < 4.78 is 2.00. The van der Waals surface area contributed by atoms with Gasteiger partial charge in [0.2, 0.25) is 5.91 Å². The molecule has 0 saturated carbocycles. The Labute approximate surface area is 111 Å². The fourth-order valence-corrected chi connectivity index (χ4v) is 2.19. The van der Waals surface area contributed by atoms with E-state index in [-0.39, 0.29) is 11.9 Å². The maximum atomic E-state index is 11.2. The highest BCUT2D eigenvalue weighted by molar-refractivity contribution is 5.77. The first kappa shape index (κ1) is 13.1. The maximum absolute atomic E-state index is 11.2. The molecule has 1 atom stereocenters. The number of nitriles is 1. The molecule has 0 radical (unpaired) electrons. The number of para-hydroxylation sites is 2. The van der Waals surface area contributed by atoms with E-state index in [0.717, 1.165) is 16.9 Å². The van der Waals surface area contributed by atoms with E-state index < -0.39 is 0 Å². The number of hydrogen-bond donors (Lipinski definition) is 1. The number of rotatable bonds is 4. The van der Waals surface area contributed by atoms with Gasteiger partial charge in [0.15, 0.2) is 0 Å². The molecule has 0 aliphatic rings. The van der Waals surface area contributed by atoms with E-state index in [1.54, 1.807) is 0 Å². The highest BCUT2D eigenvalue weighted by atomic mass is 16.1. The normalized spacial score (nSPS) is 12.1.